The summed E-state index contributed by atoms with van der Waals surface area (Å²) in [5.74, 6) is 0.322. The van der Waals surface area contributed by atoms with Gasteiger partial charge in [0.2, 0.25) is 17.6 Å². The number of phenolic OH excluding ortho intramolecular Hbond substituents is 1. The Hall–Kier alpha value is -3.50. The molecule has 0 spiro atoms. The van der Waals surface area contributed by atoms with Gasteiger partial charge in [-0.2, -0.15) is 0 Å². The summed E-state index contributed by atoms with van der Waals surface area (Å²) in [4.78, 5) is 26.8. The first-order chi connectivity index (χ1) is 16.9. The number of aliphatic hydroxyl groups excluding tert-OH is 2. The predicted octanol–water partition coefficient (Wildman–Crippen LogP) is 0.915. The molecule has 4 rings (SSSR count). The maximum atomic E-state index is 12.8. The SMILES string of the molecule is COc1cc([C@H](Oc2ccc(C[C@@H]3NC(=O)[C@H]4CCCN4C3=O)cc2)[C@H](O)CO)cc(OC)c1O. The van der Waals surface area contributed by atoms with Crippen LogP contribution in [0.3, 0.4) is 0 Å². The maximum Gasteiger partial charge on any atom is 0.246 e. The second kappa shape index (κ2) is 10.4. The van der Waals surface area contributed by atoms with E-state index in [-0.39, 0.29) is 35.1 Å². The summed E-state index contributed by atoms with van der Waals surface area (Å²) in [6, 6.07) is 8.99. The smallest absolute Gasteiger partial charge is 0.246 e. The van der Waals surface area contributed by atoms with Crippen molar-refractivity contribution in [1.29, 1.82) is 0 Å². The van der Waals surface area contributed by atoms with Gasteiger partial charge in [-0.05, 0) is 42.7 Å². The number of fused-ring (bicyclic) bond motifs is 1. The van der Waals surface area contributed by atoms with Crippen LogP contribution in [0.15, 0.2) is 36.4 Å². The lowest BCUT2D eigenvalue weighted by Gasteiger charge is -2.34. The highest BCUT2D eigenvalue weighted by Gasteiger charge is 2.42. The lowest BCUT2D eigenvalue weighted by molar-refractivity contribution is -0.146. The molecule has 2 aromatic rings. The van der Waals surface area contributed by atoms with Crippen LogP contribution in [0, 0.1) is 0 Å². The van der Waals surface area contributed by atoms with Crippen LogP contribution in [-0.2, 0) is 16.0 Å². The molecule has 2 aromatic carbocycles. The standard InChI is InChI=1S/C25H30N2O8/c1-33-20-11-15(12-21(34-2)22(20)30)23(19(29)13-28)35-16-7-5-14(6-8-16)10-17-25(32)27-9-3-4-18(27)24(31)26-17/h5-8,11-12,17-19,23,28-30H,3-4,9-10,13H2,1-2H3,(H,26,31)/t17-,18+,19+,23-/m0/s1. The summed E-state index contributed by atoms with van der Waals surface area (Å²) >= 11 is 0. The molecule has 10 nitrogen and oxygen atoms in total. The molecule has 0 unspecified atom stereocenters. The Morgan fingerprint density at radius 2 is 1.77 bits per heavy atom. The van der Waals surface area contributed by atoms with Gasteiger partial charge in [-0.15, -0.1) is 0 Å². The first-order valence-corrected chi connectivity index (χ1v) is 11.5. The van der Waals surface area contributed by atoms with Crippen LogP contribution in [0.4, 0.5) is 0 Å². The van der Waals surface area contributed by atoms with Crippen LogP contribution in [0.5, 0.6) is 23.0 Å². The van der Waals surface area contributed by atoms with E-state index in [0.29, 0.717) is 30.7 Å². The van der Waals surface area contributed by atoms with E-state index < -0.39 is 24.9 Å². The van der Waals surface area contributed by atoms with Crippen molar-refractivity contribution in [2.75, 3.05) is 27.4 Å². The number of carbonyl (C=O) groups is 2. The second-order valence-electron chi connectivity index (χ2n) is 8.66. The van der Waals surface area contributed by atoms with Crippen LogP contribution < -0.4 is 19.5 Å². The number of amides is 2. The van der Waals surface area contributed by atoms with E-state index in [1.165, 1.54) is 26.4 Å². The van der Waals surface area contributed by atoms with Crippen molar-refractivity contribution in [1.82, 2.24) is 10.2 Å². The number of benzene rings is 2. The summed E-state index contributed by atoms with van der Waals surface area (Å²) in [6.45, 7) is 0.0524. The Kier molecular flexibility index (Phi) is 7.32. The highest BCUT2D eigenvalue weighted by atomic mass is 16.5. The quantitative estimate of drug-likeness (QED) is 0.411. The number of nitrogens with one attached hydrogen (secondary N) is 1. The largest absolute Gasteiger partial charge is 0.502 e. The number of piperazine rings is 1. The molecule has 2 aliphatic heterocycles. The molecular formula is C25H30N2O8. The fourth-order valence-electron chi connectivity index (χ4n) is 4.60. The van der Waals surface area contributed by atoms with Crippen molar-refractivity contribution in [3.05, 3.63) is 47.5 Å². The number of hydrogen-bond donors (Lipinski definition) is 4. The van der Waals surface area contributed by atoms with E-state index in [2.05, 4.69) is 5.32 Å². The van der Waals surface area contributed by atoms with Gasteiger partial charge in [0.1, 0.15) is 23.9 Å². The topological polar surface area (TPSA) is 138 Å². The van der Waals surface area contributed by atoms with Gasteiger partial charge >= 0.3 is 0 Å². The molecule has 0 radical (unpaired) electrons. The minimum absolute atomic E-state index is 0.0613. The number of ether oxygens (including phenoxy) is 3. The molecule has 2 saturated heterocycles. The first-order valence-electron chi connectivity index (χ1n) is 11.5. The minimum Gasteiger partial charge on any atom is -0.502 e. The monoisotopic (exact) mass is 486 g/mol. The van der Waals surface area contributed by atoms with E-state index in [9.17, 15) is 24.9 Å². The predicted molar refractivity (Wildman–Crippen MR) is 124 cm³/mol. The summed E-state index contributed by atoms with van der Waals surface area (Å²) < 4.78 is 16.3. The number of phenols is 1. The van der Waals surface area contributed by atoms with Crippen LogP contribution >= 0.6 is 0 Å². The van der Waals surface area contributed by atoms with Gasteiger partial charge in [0.15, 0.2) is 17.6 Å². The molecular weight excluding hydrogens is 456 g/mol. The molecule has 0 aromatic heterocycles. The lowest BCUT2D eigenvalue weighted by Crippen LogP contribution is -2.61. The van der Waals surface area contributed by atoms with E-state index in [1.54, 1.807) is 29.2 Å². The normalized spacial score (nSPS) is 21.2. The summed E-state index contributed by atoms with van der Waals surface area (Å²) in [5.41, 5.74) is 1.26. The zero-order valence-corrected chi connectivity index (χ0v) is 19.6. The molecule has 0 bridgehead atoms. The Morgan fingerprint density at radius 1 is 1.11 bits per heavy atom. The Bertz CT molecular complexity index is 1050. The van der Waals surface area contributed by atoms with Gasteiger partial charge in [0.25, 0.3) is 0 Å². The van der Waals surface area contributed by atoms with Gasteiger partial charge in [0.05, 0.1) is 20.8 Å². The number of aliphatic hydroxyl groups is 2. The zero-order chi connectivity index (χ0) is 25.1. The third-order valence-corrected chi connectivity index (χ3v) is 6.45. The third-order valence-electron chi connectivity index (χ3n) is 6.45. The summed E-state index contributed by atoms with van der Waals surface area (Å²) in [7, 11) is 2.78. The van der Waals surface area contributed by atoms with Gasteiger partial charge in [-0.25, -0.2) is 0 Å². The molecule has 0 aliphatic carbocycles. The molecule has 4 N–H and O–H groups in total. The molecule has 2 fully saturated rings. The maximum absolute atomic E-state index is 12.8. The number of hydrogen-bond acceptors (Lipinski definition) is 8. The van der Waals surface area contributed by atoms with E-state index >= 15 is 0 Å². The zero-order valence-electron chi connectivity index (χ0n) is 19.6. The van der Waals surface area contributed by atoms with E-state index in [4.69, 9.17) is 14.2 Å². The van der Waals surface area contributed by atoms with Gasteiger partial charge < -0.3 is 39.7 Å². The molecule has 35 heavy (non-hydrogen) atoms. The fourth-order valence-corrected chi connectivity index (χ4v) is 4.60. The number of carbonyl (C=O) groups excluding carboxylic acids is 2. The molecule has 2 heterocycles. The van der Waals surface area contributed by atoms with E-state index in [0.717, 1.165) is 12.0 Å². The first kappa shape index (κ1) is 24.6. The fraction of sp³-hybridized carbons (Fsp3) is 0.440. The lowest BCUT2D eigenvalue weighted by atomic mass is 10.0. The molecule has 4 atom stereocenters. The number of methoxy groups -OCH3 is 2. The Labute approximate surface area is 203 Å². The number of nitrogens with zero attached hydrogens (tertiary/aromatic N) is 1. The molecule has 0 saturated carbocycles. The highest BCUT2D eigenvalue weighted by molar-refractivity contribution is 5.97. The molecule has 188 valence electrons. The van der Waals surface area contributed by atoms with Crippen LogP contribution in [0.2, 0.25) is 0 Å². The number of rotatable bonds is 9. The molecule has 2 amide bonds. The average Bonchev–Trinajstić information content (AvgIpc) is 3.37. The van der Waals surface area contributed by atoms with Crippen molar-refractivity contribution in [2.24, 2.45) is 0 Å². The summed E-state index contributed by atoms with van der Waals surface area (Å²) in [5, 5.41) is 33.0. The van der Waals surface area contributed by atoms with Crippen LogP contribution in [0.1, 0.15) is 30.1 Å². The Morgan fingerprint density at radius 3 is 2.37 bits per heavy atom. The average molecular weight is 487 g/mol. The minimum atomic E-state index is -1.27. The van der Waals surface area contributed by atoms with Gasteiger partial charge in [-0.3, -0.25) is 9.59 Å². The number of aromatic hydroxyl groups is 1. The van der Waals surface area contributed by atoms with E-state index in [1.807, 2.05) is 0 Å². The van der Waals surface area contributed by atoms with Crippen molar-refractivity contribution < 1.29 is 39.1 Å². The van der Waals surface area contributed by atoms with Crippen LogP contribution in [-0.4, -0.2) is 77.6 Å². The highest BCUT2D eigenvalue weighted by Crippen LogP contribution is 2.40. The third kappa shape index (κ3) is 4.98. The Balaban J connectivity index is 1.50. The molecule has 2 aliphatic rings. The van der Waals surface area contributed by atoms with Crippen molar-refractivity contribution in [2.45, 2.75) is 43.6 Å². The van der Waals surface area contributed by atoms with Gasteiger partial charge in [-0.1, -0.05) is 12.1 Å². The van der Waals surface area contributed by atoms with Crippen LogP contribution in [0.25, 0.3) is 0 Å². The van der Waals surface area contributed by atoms with Crippen molar-refractivity contribution in [3.8, 4) is 23.0 Å². The second-order valence-corrected chi connectivity index (χ2v) is 8.66. The van der Waals surface area contributed by atoms with Crippen molar-refractivity contribution in [3.63, 3.8) is 0 Å². The van der Waals surface area contributed by atoms with Gasteiger partial charge in [0, 0.05) is 18.5 Å². The summed E-state index contributed by atoms with van der Waals surface area (Å²) in [6.07, 6.45) is -0.362. The van der Waals surface area contributed by atoms with Crippen molar-refractivity contribution >= 4 is 11.8 Å². The molecule has 10 heteroatoms.